The van der Waals surface area contributed by atoms with E-state index in [1.165, 1.54) is 19.4 Å². The first-order valence-electron chi connectivity index (χ1n) is 7.27. The van der Waals surface area contributed by atoms with Crippen LogP contribution >= 0.6 is 0 Å². The summed E-state index contributed by atoms with van der Waals surface area (Å²) in [5, 5.41) is 12.7. The molecule has 1 fully saturated rings. The molecular weight excluding hydrogens is 212 g/mol. The Kier molecular flexibility index (Phi) is 7.09. The molecule has 102 valence electrons. The van der Waals surface area contributed by atoms with Crippen LogP contribution in [0.25, 0.3) is 0 Å². The first kappa shape index (κ1) is 14.9. The van der Waals surface area contributed by atoms with Gasteiger partial charge in [0.25, 0.3) is 0 Å². The van der Waals surface area contributed by atoms with E-state index < -0.39 is 0 Å². The minimum Gasteiger partial charge on any atom is -0.395 e. The molecule has 0 aromatic heterocycles. The van der Waals surface area contributed by atoms with Gasteiger partial charge >= 0.3 is 0 Å². The zero-order valence-corrected chi connectivity index (χ0v) is 11.8. The minimum absolute atomic E-state index is 0.262. The van der Waals surface area contributed by atoms with Crippen LogP contribution in [0, 0.1) is 5.92 Å². The summed E-state index contributed by atoms with van der Waals surface area (Å²) in [6, 6.07) is 0.980. The van der Waals surface area contributed by atoms with E-state index in [1.807, 2.05) is 0 Å². The molecule has 1 aliphatic heterocycles. The van der Waals surface area contributed by atoms with Crippen molar-refractivity contribution in [2.24, 2.45) is 5.92 Å². The smallest absolute Gasteiger partial charge is 0.0585 e. The summed E-state index contributed by atoms with van der Waals surface area (Å²) >= 11 is 0. The van der Waals surface area contributed by atoms with Crippen LogP contribution in [0.3, 0.4) is 0 Å². The highest BCUT2D eigenvalue weighted by atomic mass is 16.3. The molecule has 0 amide bonds. The average molecular weight is 242 g/mol. The zero-order chi connectivity index (χ0) is 12.7. The lowest BCUT2D eigenvalue weighted by atomic mass is 9.92. The highest BCUT2D eigenvalue weighted by Crippen LogP contribution is 2.22. The first-order valence-corrected chi connectivity index (χ1v) is 7.27. The summed E-state index contributed by atoms with van der Waals surface area (Å²) in [6.07, 6.45) is 4.90. The third-order valence-corrected chi connectivity index (χ3v) is 4.17. The van der Waals surface area contributed by atoms with Crippen LogP contribution in [-0.4, -0.2) is 48.3 Å². The van der Waals surface area contributed by atoms with Crippen LogP contribution in [0.4, 0.5) is 0 Å². The predicted molar refractivity (Wildman–Crippen MR) is 73.2 cm³/mol. The Morgan fingerprint density at radius 2 is 2.18 bits per heavy atom. The molecule has 0 aromatic carbocycles. The van der Waals surface area contributed by atoms with E-state index in [0.29, 0.717) is 6.04 Å². The maximum absolute atomic E-state index is 9.32. The third-order valence-electron chi connectivity index (χ3n) is 4.17. The molecule has 3 atom stereocenters. The van der Waals surface area contributed by atoms with Gasteiger partial charge in [-0.25, -0.2) is 0 Å². The van der Waals surface area contributed by atoms with Crippen molar-refractivity contribution in [1.82, 2.24) is 10.2 Å². The number of aliphatic hydroxyl groups excluding tert-OH is 1. The van der Waals surface area contributed by atoms with Crippen molar-refractivity contribution < 1.29 is 5.11 Å². The maximum Gasteiger partial charge on any atom is 0.0585 e. The van der Waals surface area contributed by atoms with Crippen molar-refractivity contribution in [3.63, 3.8) is 0 Å². The van der Waals surface area contributed by atoms with Gasteiger partial charge < -0.3 is 15.3 Å². The highest BCUT2D eigenvalue weighted by Gasteiger charge is 2.24. The molecule has 1 saturated heterocycles. The molecule has 0 spiro atoms. The fourth-order valence-corrected chi connectivity index (χ4v) is 2.66. The molecule has 0 aromatic rings. The van der Waals surface area contributed by atoms with E-state index in [0.717, 1.165) is 31.8 Å². The van der Waals surface area contributed by atoms with Gasteiger partial charge in [-0.1, -0.05) is 13.8 Å². The van der Waals surface area contributed by atoms with Crippen LogP contribution in [0.1, 0.15) is 46.5 Å². The molecule has 3 unspecified atom stereocenters. The Morgan fingerprint density at radius 1 is 1.41 bits per heavy atom. The summed E-state index contributed by atoms with van der Waals surface area (Å²) in [6.45, 7) is 10.5. The lowest BCUT2D eigenvalue weighted by Crippen LogP contribution is -2.45. The van der Waals surface area contributed by atoms with Gasteiger partial charge in [0.15, 0.2) is 0 Å². The molecule has 3 nitrogen and oxygen atoms in total. The van der Waals surface area contributed by atoms with Crippen LogP contribution in [-0.2, 0) is 0 Å². The Labute approximate surface area is 107 Å². The molecule has 3 heteroatoms. The van der Waals surface area contributed by atoms with Gasteiger partial charge in [-0.3, -0.25) is 0 Å². The fourth-order valence-electron chi connectivity index (χ4n) is 2.66. The Morgan fingerprint density at radius 3 is 2.82 bits per heavy atom. The average Bonchev–Trinajstić information content (AvgIpc) is 2.34. The van der Waals surface area contributed by atoms with Gasteiger partial charge in [-0.15, -0.1) is 0 Å². The fraction of sp³-hybridized carbons (Fsp3) is 1.00. The molecular formula is C14H30N2O. The molecule has 2 N–H and O–H groups in total. The largest absolute Gasteiger partial charge is 0.395 e. The van der Waals surface area contributed by atoms with Crippen molar-refractivity contribution in [2.45, 2.75) is 58.5 Å². The predicted octanol–water partition coefficient (Wildman–Crippen LogP) is 1.86. The normalized spacial score (nSPS) is 28.2. The van der Waals surface area contributed by atoms with Crippen LogP contribution in [0.2, 0.25) is 0 Å². The Hall–Kier alpha value is -0.120. The van der Waals surface area contributed by atoms with Crippen LogP contribution in [0.15, 0.2) is 0 Å². The monoisotopic (exact) mass is 242 g/mol. The summed E-state index contributed by atoms with van der Waals surface area (Å²) in [7, 11) is 0. The number of piperidine rings is 1. The second-order valence-corrected chi connectivity index (χ2v) is 5.52. The van der Waals surface area contributed by atoms with E-state index in [1.54, 1.807) is 0 Å². The topological polar surface area (TPSA) is 35.5 Å². The summed E-state index contributed by atoms with van der Waals surface area (Å²) in [4.78, 5) is 2.59. The van der Waals surface area contributed by atoms with E-state index >= 15 is 0 Å². The van der Waals surface area contributed by atoms with Crippen molar-refractivity contribution in [3.8, 4) is 0 Å². The van der Waals surface area contributed by atoms with Gasteiger partial charge in [0.2, 0.25) is 0 Å². The van der Waals surface area contributed by atoms with Crippen molar-refractivity contribution in [3.05, 3.63) is 0 Å². The number of likely N-dealkylation sites (tertiary alicyclic amines) is 1. The Bertz CT molecular complexity index is 199. The second kappa shape index (κ2) is 8.06. The van der Waals surface area contributed by atoms with Crippen molar-refractivity contribution in [1.29, 1.82) is 0 Å². The molecule has 0 radical (unpaired) electrons. The minimum atomic E-state index is 0.262. The number of hydrogen-bond donors (Lipinski definition) is 2. The molecule has 1 rings (SSSR count). The van der Waals surface area contributed by atoms with Gasteiger partial charge in [0.1, 0.15) is 0 Å². The molecule has 0 saturated carbocycles. The SMILES string of the molecule is CCCNC(CO)CCN1CCCC(C)C1C. The van der Waals surface area contributed by atoms with Crippen LogP contribution in [0.5, 0.6) is 0 Å². The van der Waals surface area contributed by atoms with E-state index in [2.05, 4.69) is 31.0 Å². The van der Waals surface area contributed by atoms with Gasteiger partial charge in [0.05, 0.1) is 6.61 Å². The summed E-state index contributed by atoms with van der Waals surface area (Å²) < 4.78 is 0. The first-order chi connectivity index (χ1) is 8.19. The zero-order valence-electron chi connectivity index (χ0n) is 11.8. The summed E-state index contributed by atoms with van der Waals surface area (Å²) in [5.74, 6) is 0.819. The lowest BCUT2D eigenvalue weighted by molar-refractivity contribution is 0.104. The second-order valence-electron chi connectivity index (χ2n) is 5.52. The lowest BCUT2D eigenvalue weighted by Gasteiger charge is -2.38. The van der Waals surface area contributed by atoms with Crippen molar-refractivity contribution in [2.75, 3.05) is 26.2 Å². The standard InChI is InChI=1S/C14H30N2O/c1-4-8-15-14(11-17)7-10-16-9-5-6-12(2)13(16)3/h12-15,17H,4-11H2,1-3H3. The van der Waals surface area contributed by atoms with Gasteiger partial charge in [-0.05, 0) is 58.2 Å². The number of hydrogen-bond acceptors (Lipinski definition) is 3. The quantitative estimate of drug-likeness (QED) is 0.715. The van der Waals surface area contributed by atoms with Crippen molar-refractivity contribution >= 4 is 0 Å². The number of nitrogens with zero attached hydrogens (tertiary/aromatic N) is 1. The molecule has 1 heterocycles. The summed E-state index contributed by atoms with van der Waals surface area (Å²) in [5.41, 5.74) is 0. The van der Waals surface area contributed by atoms with E-state index in [-0.39, 0.29) is 12.6 Å². The molecule has 0 bridgehead atoms. The number of nitrogens with one attached hydrogen (secondary N) is 1. The highest BCUT2D eigenvalue weighted by molar-refractivity contribution is 4.79. The number of aliphatic hydroxyl groups is 1. The van der Waals surface area contributed by atoms with Gasteiger partial charge in [-0.2, -0.15) is 0 Å². The number of rotatable bonds is 7. The van der Waals surface area contributed by atoms with Gasteiger partial charge in [0, 0.05) is 12.1 Å². The molecule has 17 heavy (non-hydrogen) atoms. The van der Waals surface area contributed by atoms with Crippen LogP contribution < -0.4 is 5.32 Å². The van der Waals surface area contributed by atoms with E-state index in [9.17, 15) is 5.11 Å². The molecule has 1 aliphatic rings. The van der Waals surface area contributed by atoms with E-state index in [4.69, 9.17) is 0 Å². The molecule has 0 aliphatic carbocycles. The Balaban J connectivity index is 2.27. The maximum atomic E-state index is 9.32. The third kappa shape index (κ3) is 4.94.